The number of carbonyl (C=O) groups is 2. The highest BCUT2D eigenvalue weighted by Gasteiger charge is 2.25. The Balaban J connectivity index is 2.44. The average molecular weight is 302 g/mol. The molecule has 0 saturated carbocycles. The number of Topliss-reactive ketones (excluding diaryl/α,β-unsaturated/α-hetero) is 1. The SMILES string of the molecule is CC1=C(Cl)C(=O)C(C(C)C)=CC1=NC(=O)c1ccccc1. The fourth-order valence-corrected chi connectivity index (χ4v) is 2.24. The van der Waals surface area contributed by atoms with E-state index in [0.29, 0.717) is 22.4 Å². The van der Waals surface area contributed by atoms with Gasteiger partial charge in [0.1, 0.15) is 0 Å². The Bertz CT molecular complexity index is 682. The minimum Gasteiger partial charge on any atom is -0.288 e. The number of aliphatic imine (C=N–C) groups is 1. The molecule has 0 N–H and O–H groups in total. The van der Waals surface area contributed by atoms with Gasteiger partial charge in [-0.25, -0.2) is 4.99 Å². The molecule has 0 atom stereocenters. The zero-order valence-electron chi connectivity index (χ0n) is 12.2. The fourth-order valence-electron chi connectivity index (χ4n) is 2.03. The smallest absolute Gasteiger partial charge is 0.277 e. The Kier molecular flexibility index (Phi) is 4.53. The third-order valence-electron chi connectivity index (χ3n) is 3.33. The van der Waals surface area contributed by atoms with E-state index in [1.807, 2.05) is 19.9 Å². The third-order valence-corrected chi connectivity index (χ3v) is 3.79. The number of hydrogen-bond acceptors (Lipinski definition) is 2. The summed E-state index contributed by atoms with van der Waals surface area (Å²) in [7, 11) is 0. The second-order valence-electron chi connectivity index (χ2n) is 5.19. The highest BCUT2D eigenvalue weighted by Crippen LogP contribution is 2.27. The third kappa shape index (κ3) is 3.19. The maximum Gasteiger partial charge on any atom is 0.277 e. The molecule has 0 aromatic heterocycles. The highest BCUT2D eigenvalue weighted by molar-refractivity contribution is 6.49. The molecule has 4 heteroatoms. The molecular formula is C17H16ClNO2. The normalized spacial score (nSPS) is 17.5. The molecule has 0 heterocycles. The lowest BCUT2D eigenvalue weighted by atomic mass is 9.90. The summed E-state index contributed by atoms with van der Waals surface area (Å²) in [6.45, 7) is 5.52. The standard InChI is InChI=1S/C17H16ClNO2/c1-10(2)13-9-14(11(3)15(18)16(13)20)19-17(21)12-7-5-4-6-8-12/h4-10H,1-3H3. The van der Waals surface area contributed by atoms with Gasteiger partial charge in [0.15, 0.2) is 0 Å². The maximum absolute atomic E-state index is 12.2. The van der Waals surface area contributed by atoms with Gasteiger partial charge in [-0.1, -0.05) is 43.6 Å². The number of nitrogens with zero attached hydrogens (tertiary/aromatic N) is 1. The van der Waals surface area contributed by atoms with Gasteiger partial charge in [-0.3, -0.25) is 9.59 Å². The van der Waals surface area contributed by atoms with Crippen molar-refractivity contribution in [3.05, 3.63) is 58.1 Å². The molecule has 1 aliphatic rings. The van der Waals surface area contributed by atoms with Crippen molar-refractivity contribution in [1.82, 2.24) is 0 Å². The van der Waals surface area contributed by atoms with Gasteiger partial charge in [-0.05, 0) is 36.6 Å². The van der Waals surface area contributed by atoms with E-state index in [4.69, 9.17) is 11.6 Å². The quantitative estimate of drug-likeness (QED) is 0.777. The fraction of sp³-hybridized carbons (Fsp3) is 0.235. The first kappa shape index (κ1) is 15.4. The Hall–Kier alpha value is -2.00. The van der Waals surface area contributed by atoms with E-state index in [-0.39, 0.29) is 22.6 Å². The van der Waals surface area contributed by atoms with Crippen molar-refractivity contribution in [3.8, 4) is 0 Å². The van der Waals surface area contributed by atoms with Crippen molar-refractivity contribution in [2.45, 2.75) is 20.8 Å². The number of amides is 1. The van der Waals surface area contributed by atoms with Crippen LogP contribution in [-0.4, -0.2) is 17.4 Å². The number of hydrogen-bond donors (Lipinski definition) is 0. The van der Waals surface area contributed by atoms with Gasteiger partial charge in [0.05, 0.1) is 10.7 Å². The first-order valence-corrected chi connectivity index (χ1v) is 7.10. The van der Waals surface area contributed by atoms with Gasteiger partial charge in [-0.2, -0.15) is 0 Å². The molecule has 0 spiro atoms. The second-order valence-corrected chi connectivity index (χ2v) is 5.57. The summed E-state index contributed by atoms with van der Waals surface area (Å²) in [5, 5.41) is 0.140. The van der Waals surface area contributed by atoms with Crippen LogP contribution >= 0.6 is 11.6 Å². The van der Waals surface area contributed by atoms with E-state index >= 15 is 0 Å². The van der Waals surface area contributed by atoms with Crippen molar-refractivity contribution in [2.75, 3.05) is 0 Å². The molecule has 0 fully saturated rings. The zero-order valence-corrected chi connectivity index (χ0v) is 12.9. The predicted molar refractivity (Wildman–Crippen MR) is 84.7 cm³/mol. The van der Waals surface area contributed by atoms with Gasteiger partial charge in [0, 0.05) is 11.1 Å². The Labute approximate surface area is 129 Å². The molecule has 1 aromatic rings. The van der Waals surface area contributed by atoms with Crippen LogP contribution in [0.4, 0.5) is 0 Å². The molecule has 1 aromatic carbocycles. The minimum absolute atomic E-state index is 0.0244. The van der Waals surface area contributed by atoms with Crippen LogP contribution in [-0.2, 0) is 4.79 Å². The molecule has 1 aliphatic carbocycles. The summed E-state index contributed by atoms with van der Waals surface area (Å²) in [5.41, 5.74) is 2.07. The Morgan fingerprint density at radius 1 is 1.19 bits per heavy atom. The zero-order chi connectivity index (χ0) is 15.6. The van der Waals surface area contributed by atoms with Crippen molar-refractivity contribution < 1.29 is 9.59 Å². The van der Waals surface area contributed by atoms with E-state index in [2.05, 4.69) is 4.99 Å². The number of allylic oxidation sites excluding steroid dienone is 4. The van der Waals surface area contributed by atoms with E-state index in [0.717, 1.165) is 0 Å². The van der Waals surface area contributed by atoms with E-state index < -0.39 is 0 Å². The molecule has 21 heavy (non-hydrogen) atoms. The van der Waals surface area contributed by atoms with Gasteiger partial charge in [0.25, 0.3) is 5.91 Å². The van der Waals surface area contributed by atoms with Crippen LogP contribution in [0.1, 0.15) is 31.1 Å². The minimum atomic E-state index is -0.344. The predicted octanol–water partition coefficient (Wildman–Crippen LogP) is 3.95. The molecule has 0 unspecified atom stereocenters. The molecule has 108 valence electrons. The van der Waals surface area contributed by atoms with Gasteiger partial charge in [-0.15, -0.1) is 0 Å². The lowest BCUT2D eigenvalue weighted by Gasteiger charge is -2.17. The summed E-state index contributed by atoms with van der Waals surface area (Å²) in [4.78, 5) is 28.3. The van der Waals surface area contributed by atoms with E-state index in [9.17, 15) is 9.59 Å². The second kappa shape index (κ2) is 6.19. The number of rotatable bonds is 2. The van der Waals surface area contributed by atoms with Crippen LogP contribution in [0.3, 0.4) is 0 Å². The van der Waals surface area contributed by atoms with E-state index in [1.165, 1.54) is 0 Å². The summed E-state index contributed by atoms with van der Waals surface area (Å²) in [6.07, 6.45) is 1.66. The van der Waals surface area contributed by atoms with Crippen molar-refractivity contribution in [3.63, 3.8) is 0 Å². The molecule has 2 rings (SSSR count). The lowest BCUT2D eigenvalue weighted by molar-refractivity contribution is -0.112. The van der Waals surface area contributed by atoms with Crippen molar-refractivity contribution in [1.29, 1.82) is 0 Å². The Morgan fingerprint density at radius 2 is 1.81 bits per heavy atom. The molecule has 1 amide bonds. The summed E-state index contributed by atoms with van der Waals surface area (Å²) < 4.78 is 0. The largest absolute Gasteiger partial charge is 0.288 e. The Morgan fingerprint density at radius 3 is 2.38 bits per heavy atom. The molecule has 0 aliphatic heterocycles. The first-order valence-electron chi connectivity index (χ1n) is 6.73. The lowest BCUT2D eigenvalue weighted by Crippen LogP contribution is -2.19. The van der Waals surface area contributed by atoms with Crippen LogP contribution in [0.15, 0.2) is 57.6 Å². The molecule has 0 bridgehead atoms. The molecule has 3 nitrogen and oxygen atoms in total. The highest BCUT2D eigenvalue weighted by atomic mass is 35.5. The topological polar surface area (TPSA) is 46.5 Å². The van der Waals surface area contributed by atoms with Crippen LogP contribution in [0.2, 0.25) is 0 Å². The number of halogens is 1. The summed E-state index contributed by atoms with van der Waals surface area (Å²) >= 11 is 6.08. The van der Waals surface area contributed by atoms with Gasteiger partial charge >= 0.3 is 0 Å². The van der Waals surface area contributed by atoms with Crippen molar-refractivity contribution >= 4 is 29.0 Å². The van der Waals surface area contributed by atoms with Crippen LogP contribution in [0.5, 0.6) is 0 Å². The monoisotopic (exact) mass is 301 g/mol. The van der Waals surface area contributed by atoms with Crippen molar-refractivity contribution in [2.24, 2.45) is 10.9 Å². The average Bonchev–Trinajstić information content (AvgIpc) is 2.48. The molecule has 0 saturated heterocycles. The van der Waals surface area contributed by atoms with E-state index in [1.54, 1.807) is 37.3 Å². The first-order chi connectivity index (χ1) is 9.91. The van der Waals surface area contributed by atoms with Crippen LogP contribution in [0, 0.1) is 5.92 Å². The molecule has 0 radical (unpaired) electrons. The van der Waals surface area contributed by atoms with Gasteiger partial charge in [0.2, 0.25) is 5.78 Å². The van der Waals surface area contributed by atoms with Crippen LogP contribution in [0.25, 0.3) is 0 Å². The van der Waals surface area contributed by atoms with Crippen LogP contribution < -0.4 is 0 Å². The number of carbonyl (C=O) groups excluding carboxylic acids is 2. The maximum atomic E-state index is 12.2. The summed E-state index contributed by atoms with van der Waals surface area (Å²) in [6, 6.07) is 8.80. The number of benzene rings is 1. The molecular weight excluding hydrogens is 286 g/mol. The number of ketones is 1. The van der Waals surface area contributed by atoms with Gasteiger partial charge < -0.3 is 0 Å². The summed E-state index contributed by atoms with van der Waals surface area (Å²) in [5.74, 6) is -0.505.